The van der Waals surface area contributed by atoms with Crippen LogP contribution in [0.15, 0.2) is 170 Å². The van der Waals surface area contributed by atoms with Crippen molar-refractivity contribution in [2.75, 3.05) is 13.2 Å². The van der Waals surface area contributed by atoms with Gasteiger partial charge in [0.05, 0.1) is 0 Å². The fourth-order valence-corrected chi connectivity index (χ4v) is 7.04. The first-order valence-corrected chi connectivity index (χ1v) is 28.6. The van der Waals surface area contributed by atoms with Gasteiger partial charge in [0.1, 0.15) is 13.2 Å². The first kappa shape index (κ1) is 67.8. The third-order valence-corrected chi connectivity index (χ3v) is 11.2. The van der Waals surface area contributed by atoms with E-state index in [-0.39, 0.29) is 44.0 Å². The molecule has 0 aliphatic rings. The molecule has 0 aromatic rings. The fourth-order valence-electron chi connectivity index (χ4n) is 7.04. The van der Waals surface area contributed by atoms with Gasteiger partial charge >= 0.3 is 17.9 Å². The van der Waals surface area contributed by atoms with Gasteiger partial charge in [0, 0.05) is 19.3 Å². The van der Waals surface area contributed by atoms with Crippen LogP contribution in [0.2, 0.25) is 0 Å². The maximum atomic E-state index is 12.9. The lowest BCUT2D eigenvalue weighted by Gasteiger charge is -2.18. The Morgan fingerprint density at radius 1 is 0.274 bits per heavy atom. The Hall–Kier alpha value is -5.23. The monoisotopic (exact) mass is 1000 g/mol. The number of ether oxygens (including phenoxy) is 3. The summed E-state index contributed by atoms with van der Waals surface area (Å²) in [5.74, 6) is -1.06. The van der Waals surface area contributed by atoms with Crippen LogP contribution in [-0.2, 0) is 28.6 Å². The van der Waals surface area contributed by atoms with Gasteiger partial charge in [-0.3, -0.25) is 14.4 Å². The highest BCUT2D eigenvalue weighted by atomic mass is 16.6. The van der Waals surface area contributed by atoms with E-state index in [1.54, 1.807) is 0 Å². The molecule has 1 unspecified atom stereocenters. The number of hydrogen-bond donors (Lipinski definition) is 0. The standard InChI is InChI=1S/C67H102O6/c1-4-7-10-13-16-19-22-25-28-31-33-36-39-42-45-48-51-54-57-60-66(69)72-63-64(62-71-65(68)59-56-53-50-47-44-41-38-35-30-27-24-21-18-15-12-9-6-3)73-67(70)61-58-55-52-49-46-43-40-37-34-32-29-26-23-20-17-14-11-8-5-2/h7-12,16-21,25-30,33-34,36-38,41-42,45,51,54,64H,4-6,13-15,22-24,31-32,35,39-40,43-44,46-50,52-53,55-63H2,1-3H3/b10-7-,11-8-,12-9-,19-16-,20-17-,21-18-,28-25-,29-26-,30-27-,36-33-,37-34-,41-38-,45-42-,54-51-. The maximum Gasteiger partial charge on any atom is 0.306 e. The van der Waals surface area contributed by atoms with Gasteiger partial charge in [-0.25, -0.2) is 0 Å². The molecule has 0 aromatic carbocycles. The van der Waals surface area contributed by atoms with E-state index < -0.39 is 6.10 Å². The van der Waals surface area contributed by atoms with Crippen LogP contribution >= 0.6 is 0 Å². The summed E-state index contributed by atoms with van der Waals surface area (Å²) in [6, 6.07) is 0. The summed E-state index contributed by atoms with van der Waals surface area (Å²) in [7, 11) is 0. The zero-order valence-corrected chi connectivity index (χ0v) is 46.3. The van der Waals surface area contributed by atoms with Crippen LogP contribution in [0.1, 0.15) is 213 Å². The number of rotatable bonds is 49. The minimum atomic E-state index is -0.837. The second-order valence-corrected chi connectivity index (χ2v) is 18.0. The molecule has 0 saturated carbocycles. The summed E-state index contributed by atoms with van der Waals surface area (Å²) in [6.07, 6.45) is 87.8. The normalized spacial score (nSPS) is 13.4. The Morgan fingerprint density at radius 2 is 0.521 bits per heavy atom. The molecule has 0 radical (unpaired) electrons. The number of allylic oxidation sites excluding steroid dienone is 28. The van der Waals surface area contributed by atoms with Gasteiger partial charge in [-0.15, -0.1) is 0 Å². The molecule has 0 heterocycles. The summed E-state index contributed by atoms with van der Waals surface area (Å²) < 4.78 is 16.8. The molecule has 1 atom stereocenters. The molecule has 406 valence electrons. The summed E-state index contributed by atoms with van der Waals surface area (Å²) in [6.45, 7) is 6.18. The van der Waals surface area contributed by atoms with Crippen molar-refractivity contribution < 1.29 is 28.6 Å². The highest BCUT2D eigenvalue weighted by Gasteiger charge is 2.19. The minimum Gasteiger partial charge on any atom is -0.462 e. The van der Waals surface area contributed by atoms with E-state index in [0.29, 0.717) is 12.8 Å². The molecule has 6 nitrogen and oxygen atoms in total. The van der Waals surface area contributed by atoms with Crippen LogP contribution in [-0.4, -0.2) is 37.2 Å². The Labute approximate surface area is 447 Å². The van der Waals surface area contributed by atoms with Gasteiger partial charge in [0.25, 0.3) is 0 Å². The molecule has 0 rings (SSSR count). The molecular formula is C67H102O6. The van der Waals surface area contributed by atoms with Gasteiger partial charge in [-0.2, -0.15) is 0 Å². The third kappa shape index (κ3) is 57.5. The van der Waals surface area contributed by atoms with Crippen molar-refractivity contribution in [2.24, 2.45) is 0 Å². The summed E-state index contributed by atoms with van der Waals surface area (Å²) in [5, 5.41) is 0. The number of carbonyl (C=O) groups excluding carboxylic acids is 3. The van der Waals surface area contributed by atoms with Crippen LogP contribution in [0.25, 0.3) is 0 Å². The molecular weight excluding hydrogens is 901 g/mol. The predicted octanol–water partition coefficient (Wildman–Crippen LogP) is 19.5. The van der Waals surface area contributed by atoms with E-state index in [2.05, 4.69) is 179 Å². The lowest BCUT2D eigenvalue weighted by molar-refractivity contribution is -0.166. The van der Waals surface area contributed by atoms with Gasteiger partial charge in [-0.1, -0.05) is 229 Å². The molecule has 0 aliphatic heterocycles. The predicted molar refractivity (Wildman–Crippen MR) is 315 cm³/mol. The van der Waals surface area contributed by atoms with E-state index >= 15 is 0 Å². The average Bonchev–Trinajstić information content (AvgIpc) is 3.39. The van der Waals surface area contributed by atoms with Gasteiger partial charge in [0.15, 0.2) is 6.10 Å². The zero-order valence-electron chi connectivity index (χ0n) is 46.3. The van der Waals surface area contributed by atoms with Crippen molar-refractivity contribution >= 4 is 17.9 Å². The molecule has 0 bridgehead atoms. The molecule has 0 saturated heterocycles. The fraction of sp³-hybridized carbons (Fsp3) is 0.537. The largest absolute Gasteiger partial charge is 0.462 e. The SMILES string of the molecule is CC/C=C\C/C=C\C/C=C\C/C=C\C/C=C\C/C=C\CCC(=O)OCC(COC(=O)CCCCCC/C=C\C/C=C\C/C=C\C/C=C\CC)OC(=O)CCCCCCCC/C=C\C/C=C\C/C=C\C/C=C\CC. The lowest BCUT2D eigenvalue weighted by Crippen LogP contribution is -2.30. The van der Waals surface area contributed by atoms with Crippen molar-refractivity contribution in [3.63, 3.8) is 0 Å². The van der Waals surface area contributed by atoms with E-state index in [1.165, 1.54) is 12.8 Å². The van der Waals surface area contributed by atoms with Gasteiger partial charge in [0.2, 0.25) is 0 Å². The topological polar surface area (TPSA) is 78.9 Å². The maximum absolute atomic E-state index is 12.9. The Morgan fingerprint density at radius 3 is 0.849 bits per heavy atom. The summed E-state index contributed by atoms with van der Waals surface area (Å²) >= 11 is 0. The van der Waals surface area contributed by atoms with E-state index in [4.69, 9.17) is 14.2 Å². The molecule has 0 fully saturated rings. The van der Waals surface area contributed by atoms with Crippen LogP contribution in [0.5, 0.6) is 0 Å². The molecule has 0 amide bonds. The van der Waals surface area contributed by atoms with E-state index in [0.717, 1.165) is 154 Å². The van der Waals surface area contributed by atoms with Crippen LogP contribution in [0.4, 0.5) is 0 Å². The second-order valence-electron chi connectivity index (χ2n) is 18.0. The molecule has 0 aliphatic carbocycles. The summed E-state index contributed by atoms with van der Waals surface area (Å²) in [4.78, 5) is 38.2. The van der Waals surface area contributed by atoms with Crippen molar-refractivity contribution in [3.8, 4) is 0 Å². The summed E-state index contributed by atoms with van der Waals surface area (Å²) in [5.41, 5.74) is 0. The number of unbranched alkanes of at least 4 members (excludes halogenated alkanes) is 10. The van der Waals surface area contributed by atoms with Crippen LogP contribution in [0, 0.1) is 0 Å². The van der Waals surface area contributed by atoms with Crippen molar-refractivity contribution in [2.45, 2.75) is 219 Å². The quantitative estimate of drug-likeness (QED) is 0.0261. The Kier molecular flexibility index (Phi) is 55.1. The van der Waals surface area contributed by atoms with Crippen LogP contribution in [0.3, 0.4) is 0 Å². The molecule has 0 N–H and O–H groups in total. The van der Waals surface area contributed by atoms with Gasteiger partial charge in [-0.05, 0) is 135 Å². The molecule has 73 heavy (non-hydrogen) atoms. The van der Waals surface area contributed by atoms with E-state index in [1.807, 2.05) is 12.2 Å². The van der Waals surface area contributed by atoms with Crippen molar-refractivity contribution in [1.82, 2.24) is 0 Å². The first-order valence-electron chi connectivity index (χ1n) is 28.6. The zero-order chi connectivity index (χ0) is 52.9. The number of esters is 3. The molecule has 6 heteroatoms. The third-order valence-electron chi connectivity index (χ3n) is 11.2. The first-order chi connectivity index (χ1) is 36.0. The van der Waals surface area contributed by atoms with Crippen LogP contribution < -0.4 is 0 Å². The van der Waals surface area contributed by atoms with Crippen molar-refractivity contribution in [1.29, 1.82) is 0 Å². The highest BCUT2D eigenvalue weighted by Crippen LogP contribution is 2.12. The lowest BCUT2D eigenvalue weighted by atomic mass is 10.1. The van der Waals surface area contributed by atoms with Crippen molar-refractivity contribution in [3.05, 3.63) is 170 Å². The average molecular weight is 1000 g/mol. The Balaban J connectivity index is 4.61. The molecule has 0 aromatic heterocycles. The highest BCUT2D eigenvalue weighted by molar-refractivity contribution is 5.71. The smallest absolute Gasteiger partial charge is 0.306 e. The number of carbonyl (C=O) groups is 3. The second kappa shape index (κ2) is 59.3. The van der Waals surface area contributed by atoms with E-state index in [9.17, 15) is 14.4 Å². The number of hydrogen-bond acceptors (Lipinski definition) is 6. The Bertz CT molecular complexity index is 1720. The van der Waals surface area contributed by atoms with Gasteiger partial charge < -0.3 is 14.2 Å². The molecule has 0 spiro atoms. The minimum absolute atomic E-state index is 0.129.